The fourth-order valence-electron chi connectivity index (χ4n) is 1.14. The number of aromatic nitrogens is 2. The minimum atomic E-state index is -1.22. The van der Waals surface area contributed by atoms with Crippen molar-refractivity contribution in [3.8, 4) is 0 Å². The third-order valence-corrected chi connectivity index (χ3v) is 2.93. The average Bonchev–Trinajstić information content (AvgIpc) is 2.38. The molecule has 0 saturated carbocycles. The summed E-state index contributed by atoms with van der Waals surface area (Å²) in [7, 11) is -1.22. The van der Waals surface area contributed by atoms with E-state index in [2.05, 4.69) is 9.97 Å². The zero-order chi connectivity index (χ0) is 11.2. The molecule has 0 aromatic carbocycles. The molecule has 80 valence electrons. The van der Waals surface area contributed by atoms with Gasteiger partial charge in [0.15, 0.2) is 0 Å². The lowest BCUT2D eigenvalue weighted by Crippen LogP contribution is -1.89. The van der Waals surface area contributed by atoms with Crippen molar-refractivity contribution in [3.63, 3.8) is 0 Å². The maximum absolute atomic E-state index is 11.8. The molecule has 16 heavy (non-hydrogen) atoms. The molecule has 0 aliphatic rings. The van der Waals surface area contributed by atoms with E-state index in [4.69, 9.17) is 0 Å². The van der Waals surface area contributed by atoms with Gasteiger partial charge in [-0.25, -0.2) is 9.19 Å². The van der Waals surface area contributed by atoms with Crippen molar-refractivity contribution in [2.24, 2.45) is 0 Å². The third kappa shape index (κ3) is 2.84. The largest absolute Gasteiger partial charge is 0.257 e. The Morgan fingerprint density at radius 1 is 1.00 bits per heavy atom. The Balaban J connectivity index is 2.12. The first-order chi connectivity index (χ1) is 7.86. The summed E-state index contributed by atoms with van der Waals surface area (Å²) in [6.07, 6.45) is 5.05. The van der Waals surface area contributed by atoms with Crippen LogP contribution >= 0.6 is 0 Å². The Bertz CT molecular complexity index is 497. The van der Waals surface area contributed by atoms with Gasteiger partial charge in [-0.05, 0) is 30.3 Å². The van der Waals surface area contributed by atoms with Crippen molar-refractivity contribution in [3.05, 3.63) is 59.9 Å². The maximum Gasteiger partial charge on any atom is 0.131 e. The van der Waals surface area contributed by atoms with Gasteiger partial charge in [-0.15, -0.1) is 0 Å². The zero-order valence-electron chi connectivity index (χ0n) is 8.48. The van der Waals surface area contributed by atoms with Crippen molar-refractivity contribution in [2.75, 3.05) is 0 Å². The fourth-order valence-corrected chi connectivity index (χ4v) is 1.92. The van der Waals surface area contributed by atoms with Crippen LogP contribution in [0.2, 0.25) is 0 Å². The molecule has 0 aliphatic carbocycles. The van der Waals surface area contributed by atoms with E-state index in [-0.39, 0.29) is 0 Å². The van der Waals surface area contributed by atoms with Crippen LogP contribution in [0.1, 0.15) is 5.69 Å². The van der Waals surface area contributed by atoms with Crippen molar-refractivity contribution < 1.29 is 4.21 Å². The quantitative estimate of drug-likeness (QED) is 0.812. The first-order valence-electron chi connectivity index (χ1n) is 4.77. The van der Waals surface area contributed by atoms with Gasteiger partial charge in [0.05, 0.1) is 16.5 Å². The molecular formula is C12H10N2OS. The Kier molecular flexibility index (Phi) is 3.56. The van der Waals surface area contributed by atoms with E-state index in [1.54, 1.807) is 36.0 Å². The van der Waals surface area contributed by atoms with Crippen LogP contribution in [0.5, 0.6) is 0 Å². The van der Waals surface area contributed by atoms with E-state index in [0.29, 0.717) is 5.03 Å². The molecule has 4 heteroatoms. The van der Waals surface area contributed by atoms with Gasteiger partial charge >= 0.3 is 0 Å². The molecule has 2 aromatic heterocycles. The number of rotatable bonds is 3. The van der Waals surface area contributed by atoms with Crippen LogP contribution in [0.15, 0.2) is 59.2 Å². The average molecular weight is 230 g/mol. The summed E-state index contributed by atoms with van der Waals surface area (Å²) in [5, 5.41) is 2.14. The van der Waals surface area contributed by atoms with Crippen molar-refractivity contribution in [1.82, 2.24) is 9.97 Å². The van der Waals surface area contributed by atoms with Gasteiger partial charge in [-0.2, -0.15) is 0 Å². The highest BCUT2D eigenvalue weighted by molar-refractivity contribution is 7.88. The summed E-state index contributed by atoms with van der Waals surface area (Å²) in [4.78, 5) is 8.12. The van der Waals surface area contributed by atoms with Gasteiger partial charge in [0, 0.05) is 17.8 Å². The van der Waals surface area contributed by atoms with E-state index >= 15 is 0 Å². The summed E-state index contributed by atoms with van der Waals surface area (Å²) < 4.78 is 11.8. The van der Waals surface area contributed by atoms with Crippen LogP contribution in [0.4, 0.5) is 0 Å². The molecule has 0 fully saturated rings. The van der Waals surface area contributed by atoms with Crippen LogP contribution in [0.3, 0.4) is 0 Å². The Morgan fingerprint density at radius 3 is 2.38 bits per heavy atom. The highest BCUT2D eigenvalue weighted by Gasteiger charge is 1.98. The molecule has 0 aliphatic heterocycles. The lowest BCUT2D eigenvalue weighted by molar-refractivity contribution is 0.686. The monoisotopic (exact) mass is 230 g/mol. The molecule has 3 nitrogen and oxygen atoms in total. The molecule has 2 rings (SSSR count). The maximum atomic E-state index is 11.8. The highest BCUT2D eigenvalue weighted by Crippen LogP contribution is 2.05. The number of hydrogen-bond acceptors (Lipinski definition) is 3. The Morgan fingerprint density at radius 2 is 1.75 bits per heavy atom. The zero-order valence-corrected chi connectivity index (χ0v) is 9.30. The molecule has 0 spiro atoms. The molecule has 1 atom stereocenters. The second-order valence-corrected chi connectivity index (χ2v) is 4.31. The van der Waals surface area contributed by atoms with Gasteiger partial charge in [0.1, 0.15) is 5.03 Å². The van der Waals surface area contributed by atoms with Crippen molar-refractivity contribution >= 4 is 16.9 Å². The molecule has 1 unspecified atom stereocenters. The molecule has 2 aromatic rings. The van der Waals surface area contributed by atoms with Gasteiger partial charge in [-0.3, -0.25) is 4.98 Å². The molecule has 0 bridgehead atoms. The SMILES string of the molecule is O=S(/C=C\c1ccccn1)c1ccccn1. The van der Waals surface area contributed by atoms with Crippen molar-refractivity contribution in [1.29, 1.82) is 0 Å². The van der Waals surface area contributed by atoms with Crippen molar-refractivity contribution in [2.45, 2.75) is 5.03 Å². The lowest BCUT2D eigenvalue weighted by Gasteiger charge is -1.94. The molecule has 0 radical (unpaired) electrons. The van der Waals surface area contributed by atoms with E-state index < -0.39 is 10.8 Å². The highest BCUT2D eigenvalue weighted by atomic mass is 32.2. The van der Waals surface area contributed by atoms with E-state index in [0.717, 1.165) is 5.69 Å². The number of pyridine rings is 2. The van der Waals surface area contributed by atoms with Gasteiger partial charge in [0.25, 0.3) is 0 Å². The van der Waals surface area contributed by atoms with Crippen LogP contribution < -0.4 is 0 Å². The van der Waals surface area contributed by atoms with Crippen LogP contribution in [0, 0.1) is 0 Å². The van der Waals surface area contributed by atoms with Crippen LogP contribution in [-0.2, 0) is 10.8 Å². The van der Waals surface area contributed by atoms with Gasteiger partial charge in [0.2, 0.25) is 0 Å². The van der Waals surface area contributed by atoms with E-state index in [1.807, 2.05) is 24.3 Å². The smallest absolute Gasteiger partial charge is 0.131 e. The molecular weight excluding hydrogens is 220 g/mol. The van der Waals surface area contributed by atoms with Gasteiger partial charge in [-0.1, -0.05) is 12.1 Å². The predicted octanol–water partition coefficient (Wildman–Crippen LogP) is 2.26. The predicted molar refractivity (Wildman–Crippen MR) is 63.9 cm³/mol. The topological polar surface area (TPSA) is 42.9 Å². The number of nitrogens with zero attached hydrogens (tertiary/aromatic N) is 2. The minimum Gasteiger partial charge on any atom is -0.257 e. The molecule has 0 amide bonds. The second kappa shape index (κ2) is 5.32. The summed E-state index contributed by atoms with van der Waals surface area (Å²) in [6, 6.07) is 10.9. The summed E-state index contributed by atoms with van der Waals surface area (Å²) in [6.45, 7) is 0. The summed E-state index contributed by atoms with van der Waals surface area (Å²) in [5.41, 5.74) is 0.784. The Hall–Kier alpha value is -1.81. The Labute approximate surface area is 96.3 Å². The second-order valence-electron chi connectivity index (χ2n) is 3.02. The normalized spacial score (nSPS) is 12.8. The van der Waals surface area contributed by atoms with Crippen LogP contribution in [0.25, 0.3) is 6.08 Å². The first-order valence-corrected chi connectivity index (χ1v) is 5.98. The third-order valence-electron chi connectivity index (χ3n) is 1.89. The number of hydrogen-bond donors (Lipinski definition) is 0. The molecule has 0 N–H and O–H groups in total. The molecule has 2 heterocycles. The van der Waals surface area contributed by atoms with Gasteiger partial charge < -0.3 is 0 Å². The first kappa shape index (κ1) is 10.7. The summed E-state index contributed by atoms with van der Waals surface area (Å²) >= 11 is 0. The molecule has 0 saturated heterocycles. The lowest BCUT2D eigenvalue weighted by atomic mass is 10.3. The van der Waals surface area contributed by atoms with Crippen LogP contribution in [-0.4, -0.2) is 14.2 Å². The fraction of sp³-hybridized carbons (Fsp3) is 0. The minimum absolute atomic E-state index is 0.551. The van der Waals surface area contributed by atoms with E-state index in [1.165, 1.54) is 0 Å². The van der Waals surface area contributed by atoms with E-state index in [9.17, 15) is 4.21 Å². The standard InChI is InChI=1S/C12H10N2OS/c15-16(12-6-2-4-9-14-12)10-7-11-5-1-3-8-13-11/h1-10H/b10-7-. The summed E-state index contributed by atoms with van der Waals surface area (Å²) in [5.74, 6) is 0.